The highest BCUT2D eigenvalue weighted by atomic mass is 16.5. The monoisotopic (exact) mass is 373 g/mol. The van der Waals surface area contributed by atoms with E-state index in [0.717, 1.165) is 43.3 Å². The van der Waals surface area contributed by atoms with Crippen molar-refractivity contribution in [1.82, 2.24) is 20.6 Å². The Morgan fingerprint density at radius 3 is 2.78 bits per heavy atom. The number of hydrogen-bond donors (Lipinski definition) is 3. The van der Waals surface area contributed by atoms with Crippen LogP contribution in [0.5, 0.6) is 11.6 Å². The Labute approximate surface area is 159 Å². The Balaban J connectivity index is 1.47. The predicted octanol–water partition coefficient (Wildman–Crippen LogP) is 0.426. The van der Waals surface area contributed by atoms with Crippen molar-refractivity contribution in [3.63, 3.8) is 0 Å². The van der Waals surface area contributed by atoms with Crippen LogP contribution in [0.15, 0.2) is 36.7 Å². The molecule has 1 aliphatic rings. The first-order valence-corrected chi connectivity index (χ1v) is 9.29. The summed E-state index contributed by atoms with van der Waals surface area (Å²) in [4.78, 5) is 10.9. The predicted molar refractivity (Wildman–Crippen MR) is 103 cm³/mol. The van der Waals surface area contributed by atoms with Crippen LogP contribution in [0.3, 0.4) is 0 Å². The lowest BCUT2D eigenvalue weighted by molar-refractivity contribution is 0.211. The molecule has 146 valence electrons. The molecule has 1 aliphatic heterocycles. The van der Waals surface area contributed by atoms with Crippen LogP contribution < -0.4 is 25.0 Å². The van der Waals surface area contributed by atoms with Crippen LogP contribution in [-0.4, -0.2) is 67.6 Å². The Morgan fingerprint density at radius 2 is 1.93 bits per heavy atom. The maximum atomic E-state index is 8.82. The molecule has 0 radical (unpaired) electrons. The average Bonchev–Trinajstić information content (AvgIpc) is 2.73. The standard InChI is InChI=1S/C19H27N5O3/c25-11-8-21-15-16-2-1-3-17(14-16)26-12-13-27-19-18(22-4-5-23-19)24-9-6-20-7-10-24/h1-5,14,20-21,25H,6-13,15H2. The van der Waals surface area contributed by atoms with Crippen molar-refractivity contribution in [3.05, 3.63) is 42.2 Å². The number of nitrogens with one attached hydrogen (secondary N) is 2. The highest BCUT2D eigenvalue weighted by Crippen LogP contribution is 2.22. The maximum absolute atomic E-state index is 8.82. The van der Waals surface area contributed by atoms with Gasteiger partial charge in [0.1, 0.15) is 19.0 Å². The molecule has 0 amide bonds. The molecule has 0 spiro atoms. The van der Waals surface area contributed by atoms with E-state index < -0.39 is 0 Å². The molecule has 0 bridgehead atoms. The number of piperazine rings is 1. The molecular weight excluding hydrogens is 346 g/mol. The summed E-state index contributed by atoms with van der Waals surface area (Å²) in [5, 5.41) is 15.3. The van der Waals surface area contributed by atoms with E-state index in [2.05, 4.69) is 25.5 Å². The molecule has 0 unspecified atom stereocenters. The number of aliphatic hydroxyl groups excluding tert-OH is 1. The van der Waals surface area contributed by atoms with Gasteiger partial charge in [-0.2, -0.15) is 0 Å². The van der Waals surface area contributed by atoms with Crippen molar-refractivity contribution in [2.75, 3.05) is 57.4 Å². The van der Waals surface area contributed by atoms with Crippen molar-refractivity contribution in [2.24, 2.45) is 0 Å². The van der Waals surface area contributed by atoms with Gasteiger partial charge < -0.3 is 30.1 Å². The summed E-state index contributed by atoms with van der Waals surface area (Å²) in [6.07, 6.45) is 3.34. The van der Waals surface area contributed by atoms with Crippen LogP contribution in [0.4, 0.5) is 5.82 Å². The summed E-state index contributed by atoms with van der Waals surface area (Å²) in [7, 11) is 0. The molecule has 1 fully saturated rings. The zero-order valence-electron chi connectivity index (χ0n) is 15.4. The number of hydrogen-bond acceptors (Lipinski definition) is 8. The largest absolute Gasteiger partial charge is 0.490 e. The van der Waals surface area contributed by atoms with E-state index in [1.165, 1.54) is 0 Å². The van der Waals surface area contributed by atoms with Gasteiger partial charge in [0.25, 0.3) is 5.88 Å². The second kappa shape index (κ2) is 10.7. The molecule has 3 rings (SSSR count). The fraction of sp³-hybridized carbons (Fsp3) is 0.474. The van der Waals surface area contributed by atoms with Gasteiger partial charge in [-0.1, -0.05) is 12.1 Å². The van der Waals surface area contributed by atoms with Gasteiger partial charge in [0.15, 0.2) is 5.82 Å². The molecule has 8 heteroatoms. The number of benzene rings is 1. The zero-order chi connectivity index (χ0) is 18.7. The van der Waals surface area contributed by atoms with Crippen molar-refractivity contribution in [2.45, 2.75) is 6.54 Å². The Kier molecular flexibility index (Phi) is 7.64. The first-order chi connectivity index (χ1) is 13.4. The topological polar surface area (TPSA) is 91.8 Å². The number of anilines is 1. The summed E-state index contributed by atoms with van der Waals surface area (Å²) >= 11 is 0. The highest BCUT2D eigenvalue weighted by Gasteiger charge is 2.17. The number of ether oxygens (including phenoxy) is 2. The number of nitrogens with zero attached hydrogens (tertiary/aromatic N) is 3. The van der Waals surface area contributed by atoms with Crippen LogP contribution in [0.1, 0.15) is 5.56 Å². The number of aliphatic hydroxyl groups is 1. The molecule has 1 aromatic heterocycles. The van der Waals surface area contributed by atoms with E-state index in [1.54, 1.807) is 12.4 Å². The molecule has 0 aliphatic carbocycles. The second-order valence-corrected chi connectivity index (χ2v) is 6.17. The smallest absolute Gasteiger partial charge is 0.257 e. The van der Waals surface area contributed by atoms with Crippen molar-refractivity contribution in [1.29, 1.82) is 0 Å². The van der Waals surface area contributed by atoms with E-state index in [0.29, 0.717) is 32.2 Å². The molecule has 1 aromatic carbocycles. The molecule has 1 saturated heterocycles. The minimum absolute atomic E-state index is 0.131. The number of aromatic nitrogens is 2. The molecule has 0 atom stereocenters. The fourth-order valence-electron chi connectivity index (χ4n) is 2.87. The van der Waals surface area contributed by atoms with Crippen LogP contribution in [0, 0.1) is 0 Å². The molecule has 3 N–H and O–H groups in total. The van der Waals surface area contributed by atoms with Gasteiger partial charge in [0.05, 0.1) is 6.61 Å². The first-order valence-electron chi connectivity index (χ1n) is 9.29. The van der Waals surface area contributed by atoms with Crippen molar-refractivity contribution in [3.8, 4) is 11.6 Å². The van der Waals surface area contributed by atoms with Gasteiger partial charge in [-0.15, -0.1) is 0 Å². The normalized spacial score (nSPS) is 14.2. The summed E-state index contributed by atoms with van der Waals surface area (Å²) in [6, 6.07) is 7.88. The molecule has 0 saturated carbocycles. The molecule has 8 nitrogen and oxygen atoms in total. The third-order valence-corrected chi connectivity index (χ3v) is 4.17. The third-order valence-electron chi connectivity index (χ3n) is 4.17. The minimum atomic E-state index is 0.131. The zero-order valence-corrected chi connectivity index (χ0v) is 15.4. The van der Waals surface area contributed by atoms with E-state index in [4.69, 9.17) is 14.6 Å². The Bertz CT molecular complexity index is 695. The molecule has 2 heterocycles. The van der Waals surface area contributed by atoms with Crippen LogP contribution in [-0.2, 0) is 6.54 Å². The van der Waals surface area contributed by atoms with E-state index in [9.17, 15) is 0 Å². The third kappa shape index (κ3) is 6.06. The molecule has 2 aromatic rings. The molecule has 27 heavy (non-hydrogen) atoms. The van der Waals surface area contributed by atoms with Gasteiger partial charge in [-0.25, -0.2) is 9.97 Å². The summed E-state index contributed by atoms with van der Waals surface area (Å²) in [5.74, 6) is 2.13. The van der Waals surface area contributed by atoms with Crippen molar-refractivity contribution >= 4 is 5.82 Å². The van der Waals surface area contributed by atoms with E-state index in [1.807, 2.05) is 24.3 Å². The SMILES string of the molecule is OCCNCc1cccc(OCCOc2nccnc2N2CCNCC2)c1. The maximum Gasteiger partial charge on any atom is 0.257 e. The summed E-state index contributed by atoms with van der Waals surface area (Å²) < 4.78 is 11.6. The lowest BCUT2D eigenvalue weighted by Crippen LogP contribution is -2.44. The van der Waals surface area contributed by atoms with Crippen LogP contribution in [0.2, 0.25) is 0 Å². The second-order valence-electron chi connectivity index (χ2n) is 6.17. The van der Waals surface area contributed by atoms with Gasteiger partial charge in [0.2, 0.25) is 0 Å². The van der Waals surface area contributed by atoms with Gasteiger partial charge in [-0.05, 0) is 17.7 Å². The summed E-state index contributed by atoms with van der Waals surface area (Å²) in [5.41, 5.74) is 1.11. The Hall–Kier alpha value is -2.42. The summed E-state index contributed by atoms with van der Waals surface area (Å²) in [6.45, 7) is 5.87. The van der Waals surface area contributed by atoms with E-state index in [-0.39, 0.29) is 6.61 Å². The van der Waals surface area contributed by atoms with Crippen LogP contribution >= 0.6 is 0 Å². The Morgan fingerprint density at radius 1 is 1.11 bits per heavy atom. The minimum Gasteiger partial charge on any atom is -0.490 e. The fourth-order valence-corrected chi connectivity index (χ4v) is 2.87. The van der Waals surface area contributed by atoms with Gasteiger partial charge in [-0.3, -0.25) is 0 Å². The highest BCUT2D eigenvalue weighted by molar-refractivity contribution is 5.48. The first kappa shape index (κ1) is 19.3. The lowest BCUT2D eigenvalue weighted by atomic mass is 10.2. The molecular formula is C19H27N5O3. The average molecular weight is 373 g/mol. The van der Waals surface area contributed by atoms with Gasteiger partial charge >= 0.3 is 0 Å². The number of rotatable bonds is 10. The lowest BCUT2D eigenvalue weighted by Gasteiger charge is -2.28. The van der Waals surface area contributed by atoms with Crippen LogP contribution in [0.25, 0.3) is 0 Å². The quantitative estimate of drug-likeness (QED) is 0.517. The van der Waals surface area contributed by atoms with Gasteiger partial charge in [0, 0.05) is 51.7 Å². The van der Waals surface area contributed by atoms with E-state index >= 15 is 0 Å². The van der Waals surface area contributed by atoms with Crippen molar-refractivity contribution < 1.29 is 14.6 Å².